The molecule has 1 atom stereocenters. The van der Waals surface area contributed by atoms with Crippen molar-refractivity contribution in [3.8, 4) is 23.0 Å². The number of rotatable bonds is 10. The second-order valence-corrected chi connectivity index (χ2v) is 8.05. The average Bonchev–Trinajstić information content (AvgIpc) is 3.37. The Kier molecular flexibility index (Phi) is 7.72. The van der Waals surface area contributed by atoms with Crippen LogP contribution in [0.15, 0.2) is 72.8 Å². The molecule has 0 aromatic heterocycles. The Morgan fingerprint density at radius 1 is 0.943 bits per heavy atom. The predicted molar refractivity (Wildman–Crippen MR) is 129 cm³/mol. The van der Waals surface area contributed by atoms with E-state index < -0.39 is 6.04 Å². The monoisotopic (exact) mass is 476 g/mol. The van der Waals surface area contributed by atoms with E-state index in [-0.39, 0.29) is 31.8 Å². The van der Waals surface area contributed by atoms with Gasteiger partial charge in [0.05, 0.1) is 7.11 Å². The lowest BCUT2D eigenvalue weighted by Gasteiger charge is -2.29. The Morgan fingerprint density at radius 2 is 1.66 bits per heavy atom. The van der Waals surface area contributed by atoms with Crippen LogP contribution in [-0.2, 0) is 22.7 Å². The fourth-order valence-electron chi connectivity index (χ4n) is 3.64. The van der Waals surface area contributed by atoms with Crippen molar-refractivity contribution in [2.45, 2.75) is 26.1 Å². The lowest BCUT2D eigenvalue weighted by atomic mass is 10.1. The van der Waals surface area contributed by atoms with Gasteiger partial charge < -0.3 is 29.2 Å². The van der Waals surface area contributed by atoms with Crippen LogP contribution >= 0.6 is 0 Å². The molecule has 8 heteroatoms. The molecule has 0 saturated heterocycles. The van der Waals surface area contributed by atoms with Crippen molar-refractivity contribution in [2.24, 2.45) is 0 Å². The maximum absolute atomic E-state index is 13.2. The second-order valence-electron chi connectivity index (χ2n) is 8.05. The third kappa shape index (κ3) is 6.23. The number of fused-ring (bicyclic) bond motifs is 1. The zero-order valence-electron chi connectivity index (χ0n) is 19.7. The van der Waals surface area contributed by atoms with Crippen LogP contribution in [0.25, 0.3) is 0 Å². The number of hydrogen-bond acceptors (Lipinski definition) is 6. The summed E-state index contributed by atoms with van der Waals surface area (Å²) < 4.78 is 21.6. The Bertz CT molecular complexity index is 1150. The first-order valence-corrected chi connectivity index (χ1v) is 11.3. The highest BCUT2D eigenvalue weighted by atomic mass is 16.7. The maximum atomic E-state index is 13.2. The van der Waals surface area contributed by atoms with Gasteiger partial charge in [0.15, 0.2) is 18.1 Å². The van der Waals surface area contributed by atoms with E-state index in [9.17, 15) is 9.59 Å². The van der Waals surface area contributed by atoms with E-state index >= 15 is 0 Å². The van der Waals surface area contributed by atoms with Gasteiger partial charge in [-0.1, -0.05) is 36.4 Å². The van der Waals surface area contributed by atoms with Gasteiger partial charge in [0, 0.05) is 13.1 Å². The molecule has 1 aliphatic rings. The number of nitrogens with one attached hydrogen (secondary N) is 1. The van der Waals surface area contributed by atoms with E-state index in [1.807, 2.05) is 60.7 Å². The number of nitrogens with zero attached hydrogens (tertiary/aromatic N) is 1. The van der Waals surface area contributed by atoms with Crippen molar-refractivity contribution < 1.29 is 28.5 Å². The third-order valence-corrected chi connectivity index (χ3v) is 5.69. The number of ether oxygens (including phenoxy) is 4. The van der Waals surface area contributed by atoms with Gasteiger partial charge in [0.25, 0.3) is 5.91 Å². The Labute approximate surface area is 204 Å². The van der Waals surface area contributed by atoms with E-state index in [1.54, 1.807) is 26.2 Å². The summed E-state index contributed by atoms with van der Waals surface area (Å²) in [6, 6.07) is 21.3. The SMILES string of the molecule is COc1ccc(CN(C(=O)COc2ccccc2)C(C)C(=O)NCc2ccc3c(c2)OCO3)cc1. The molecule has 8 nitrogen and oxygen atoms in total. The number of carbonyl (C=O) groups is 2. The number of amides is 2. The fourth-order valence-corrected chi connectivity index (χ4v) is 3.64. The van der Waals surface area contributed by atoms with Gasteiger partial charge in [0.1, 0.15) is 17.5 Å². The van der Waals surface area contributed by atoms with Crippen molar-refractivity contribution in [3.05, 3.63) is 83.9 Å². The molecular formula is C27H28N2O6. The molecule has 1 unspecified atom stereocenters. The molecule has 3 aromatic carbocycles. The summed E-state index contributed by atoms with van der Waals surface area (Å²) in [5.74, 6) is 2.07. The Balaban J connectivity index is 1.43. The maximum Gasteiger partial charge on any atom is 0.261 e. The van der Waals surface area contributed by atoms with E-state index in [4.69, 9.17) is 18.9 Å². The molecule has 182 valence electrons. The zero-order valence-corrected chi connectivity index (χ0v) is 19.7. The van der Waals surface area contributed by atoms with Crippen molar-refractivity contribution in [2.75, 3.05) is 20.5 Å². The minimum absolute atomic E-state index is 0.181. The number of para-hydroxylation sites is 1. The van der Waals surface area contributed by atoms with Gasteiger partial charge in [-0.3, -0.25) is 9.59 Å². The summed E-state index contributed by atoms with van der Waals surface area (Å²) in [5.41, 5.74) is 1.74. The van der Waals surface area contributed by atoms with Gasteiger partial charge in [-0.2, -0.15) is 0 Å². The predicted octanol–water partition coefficient (Wildman–Crippen LogP) is 3.54. The quantitative estimate of drug-likeness (QED) is 0.482. The van der Waals surface area contributed by atoms with Crippen LogP contribution in [0.1, 0.15) is 18.1 Å². The number of benzene rings is 3. The van der Waals surface area contributed by atoms with Crippen LogP contribution in [0.5, 0.6) is 23.0 Å². The van der Waals surface area contributed by atoms with Gasteiger partial charge in [-0.15, -0.1) is 0 Å². The molecule has 0 aliphatic carbocycles. The fraction of sp³-hybridized carbons (Fsp3) is 0.259. The molecular weight excluding hydrogens is 448 g/mol. The van der Waals surface area contributed by atoms with Crippen LogP contribution < -0.4 is 24.3 Å². The van der Waals surface area contributed by atoms with Crippen molar-refractivity contribution in [1.29, 1.82) is 0 Å². The van der Waals surface area contributed by atoms with E-state index in [0.29, 0.717) is 29.5 Å². The smallest absolute Gasteiger partial charge is 0.261 e. The summed E-state index contributed by atoms with van der Waals surface area (Å²) in [6.07, 6.45) is 0. The molecule has 0 saturated carbocycles. The topological polar surface area (TPSA) is 86.3 Å². The van der Waals surface area contributed by atoms with Crippen LogP contribution in [-0.4, -0.2) is 43.3 Å². The lowest BCUT2D eigenvalue weighted by molar-refractivity contribution is -0.142. The number of hydrogen-bond donors (Lipinski definition) is 1. The minimum Gasteiger partial charge on any atom is -0.497 e. The van der Waals surface area contributed by atoms with Crippen molar-refractivity contribution >= 4 is 11.8 Å². The van der Waals surface area contributed by atoms with Gasteiger partial charge in [-0.25, -0.2) is 0 Å². The standard InChI is InChI=1S/C27H28N2O6/c1-19(27(31)28-15-21-10-13-24-25(14-21)35-18-34-24)29(16-20-8-11-22(32-2)12-9-20)26(30)17-33-23-6-4-3-5-7-23/h3-14,19H,15-18H2,1-2H3,(H,28,31). The zero-order chi connectivity index (χ0) is 24.6. The first kappa shape index (κ1) is 23.9. The summed E-state index contributed by atoms with van der Waals surface area (Å²) in [5, 5.41) is 2.91. The second kappa shape index (κ2) is 11.3. The van der Waals surface area contributed by atoms with E-state index in [1.165, 1.54) is 4.90 Å². The first-order chi connectivity index (χ1) is 17.0. The van der Waals surface area contributed by atoms with E-state index in [0.717, 1.165) is 11.1 Å². The van der Waals surface area contributed by atoms with Gasteiger partial charge in [-0.05, 0) is 54.4 Å². The summed E-state index contributed by atoms with van der Waals surface area (Å²) in [7, 11) is 1.60. The van der Waals surface area contributed by atoms with Crippen molar-refractivity contribution in [1.82, 2.24) is 10.2 Å². The van der Waals surface area contributed by atoms with Gasteiger partial charge in [0.2, 0.25) is 12.7 Å². The molecule has 0 bridgehead atoms. The molecule has 4 rings (SSSR count). The number of methoxy groups -OCH3 is 1. The first-order valence-electron chi connectivity index (χ1n) is 11.3. The largest absolute Gasteiger partial charge is 0.497 e. The van der Waals surface area contributed by atoms with Crippen LogP contribution in [0.2, 0.25) is 0 Å². The highest BCUT2D eigenvalue weighted by Gasteiger charge is 2.26. The van der Waals surface area contributed by atoms with Crippen LogP contribution in [0.4, 0.5) is 0 Å². The lowest BCUT2D eigenvalue weighted by Crippen LogP contribution is -2.48. The molecule has 0 spiro atoms. The summed E-state index contributed by atoms with van der Waals surface area (Å²) >= 11 is 0. The highest BCUT2D eigenvalue weighted by molar-refractivity contribution is 5.88. The van der Waals surface area contributed by atoms with Gasteiger partial charge >= 0.3 is 0 Å². The van der Waals surface area contributed by atoms with Crippen LogP contribution in [0.3, 0.4) is 0 Å². The molecule has 1 heterocycles. The van der Waals surface area contributed by atoms with Crippen LogP contribution in [0, 0.1) is 0 Å². The van der Waals surface area contributed by atoms with E-state index in [2.05, 4.69) is 5.32 Å². The molecule has 3 aromatic rings. The Hall–Kier alpha value is -4.20. The molecule has 0 fully saturated rings. The molecule has 0 radical (unpaired) electrons. The summed E-state index contributed by atoms with van der Waals surface area (Å²) in [6.45, 7) is 2.26. The minimum atomic E-state index is -0.724. The number of carbonyl (C=O) groups excluding carboxylic acids is 2. The average molecular weight is 477 g/mol. The molecule has 35 heavy (non-hydrogen) atoms. The molecule has 2 amide bonds. The highest BCUT2D eigenvalue weighted by Crippen LogP contribution is 2.32. The Morgan fingerprint density at radius 3 is 2.40 bits per heavy atom. The molecule has 1 aliphatic heterocycles. The third-order valence-electron chi connectivity index (χ3n) is 5.69. The summed E-state index contributed by atoms with van der Waals surface area (Å²) in [4.78, 5) is 27.7. The molecule has 1 N–H and O–H groups in total. The van der Waals surface area contributed by atoms with Crippen molar-refractivity contribution in [3.63, 3.8) is 0 Å². The normalized spacial score (nSPS) is 12.5.